The van der Waals surface area contributed by atoms with E-state index in [1.54, 1.807) is 0 Å². The van der Waals surface area contributed by atoms with E-state index < -0.39 is 0 Å². The SMILES string of the molecule is Cn1c(-c2cc(C(C)(C)C)cc3c2[nH]c2ccc(C(C)(C)C)cc23)nc2c(-c3cccc(-c4nccc5c4oc4ccccc45)c3)cccc21. The van der Waals surface area contributed by atoms with Crippen molar-refractivity contribution in [3.63, 3.8) is 0 Å². The van der Waals surface area contributed by atoms with Crippen molar-refractivity contribution in [2.75, 3.05) is 0 Å². The van der Waals surface area contributed by atoms with E-state index in [4.69, 9.17) is 14.4 Å². The summed E-state index contributed by atoms with van der Waals surface area (Å²) in [6, 6.07) is 36.8. The smallest absolute Gasteiger partial charge is 0.161 e. The molecule has 5 aromatic carbocycles. The zero-order chi connectivity index (χ0) is 34.5. The van der Waals surface area contributed by atoms with E-state index in [1.165, 1.54) is 21.9 Å². The summed E-state index contributed by atoms with van der Waals surface area (Å²) in [6.07, 6.45) is 1.87. The number of furan rings is 1. The third-order valence-corrected chi connectivity index (χ3v) is 10.3. The fourth-order valence-electron chi connectivity index (χ4n) is 7.46. The number of imidazole rings is 1. The lowest BCUT2D eigenvalue weighted by atomic mass is 9.84. The molecule has 9 rings (SSSR count). The maximum absolute atomic E-state index is 6.35. The fraction of sp³-hybridized carbons (Fsp3) is 0.200. The number of benzene rings is 5. The average Bonchev–Trinajstić information content (AvgIpc) is 3.78. The number of para-hydroxylation sites is 2. The molecule has 5 heteroatoms. The van der Waals surface area contributed by atoms with Gasteiger partial charge < -0.3 is 14.0 Å². The molecule has 0 saturated heterocycles. The summed E-state index contributed by atoms with van der Waals surface area (Å²) in [6.45, 7) is 13.7. The number of hydrogen-bond acceptors (Lipinski definition) is 3. The van der Waals surface area contributed by atoms with Crippen molar-refractivity contribution in [3.05, 3.63) is 120 Å². The maximum atomic E-state index is 6.35. The third kappa shape index (κ3) is 4.68. The molecule has 0 radical (unpaired) electrons. The van der Waals surface area contributed by atoms with E-state index in [2.05, 4.69) is 137 Å². The van der Waals surface area contributed by atoms with E-state index in [-0.39, 0.29) is 10.8 Å². The van der Waals surface area contributed by atoms with Gasteiger partial charge in [0, 0.05) is 57.0 Å². The first-order valence-corrected chi connectivity index (χ1v) is 17.4. The zero-order valence-corrected chi connectivity index (χ0v) is 29.6. The Balaban J connectivity index is 1.24. The Morgan fingerprint density at radius 3 is 2.22 bits per heavy atom. The Morgan fingerprint density at radius 1 is 0.640 bits per heavy atom. The normalized spacial score (nSPS) is 12.7. The predicted molar refractivity (Wildman–Crippen MR) is 209 cm³/mol. The molecule has 9 aromatic rings. The number of rotatable bonds is 3. The molecule has 50 heavy (non-hydrogen) atoms. The Labute approximate surface area is 291 Å². The molecule has 246 valence electrons. The second-order valence-corrected chi connectivity index (χ2v) is 15.7. The maximum Gasteiger partial charge on any atom is 0.161 e. The highest BCUT2D eigenvalue weighted by Crippen LogP contribution is 2.41. The summed E-state index contributed by atoms with van der Waals surface area (Å²) in [5, 5.41) is 4.66. The molecule has 0 spiro atoms. The van der Waals surface area contributed by atoms with E-state index in [0.29, 0.717) is 0 Å². The molecule has 4 aromatic heterocycles. The highest BCUT2D eigenvalue weighted by Gasteiger charge is 2.24. The van der Waals surface area contributed by atoms with E-state index in [1.807, 2.05) is 30.5 Å². The van der Waals surface area contributed by atoms with Gasteiger partial charge in [-0.2, -0.15) is 0 Å². The minimum Gasteiger partial charge on any atom is -0.454 e. The largest absolute Gasteiger partial charge is 0.454 e. The number of pyridine rings is 1. The monoisotopic (exact) mass is 652 g/mol. The number of fused-ring (bicyclic) bond motifs is 7. The molecule has 0 unspecified atom stereocenters. The van der Waals surface area contributed by atoms with Gasteiger partial charge in [0.25, 0.3) is 0 Å². The van der Waals surface area contributed by atoms with E-state index in [9.17, 15) is 0 Å². The van der Waals surface area contributed by atoms with Gasteiger partial charge in [-0.25, -0.2) is 4.98 Å². The molecule has 0 aliphatic carbocycles. The molecule has 0 amide bonds. The second-order valence-electron chi connectivity index (χ2n) is 15.7. The van der Waals surface area contributed by atoms with Gasteiger partial charge in [0.1, 0.15) is 17.1 Å². The van der Waals surface area contributed by atoms with Gasteiger partial charge >= 0.3 is 0 Å². The lowest BCUT2D eigenvalue weighted by molar-refractivity contribution is 0.590. The topological polar surface area (TPSA) is 59.6 Å². The minimum absolute atomic E-state index is 0.0406. The first-order chi connectivity index (χ1) is 24.0. The van der Waals surface area contributed by atoms with Gasteiger partial charge in [0.2, 0.25) is 0 Å². The molecule has 1 N–H and O–H groups in total. The Morgan fingerprint density at radius 2 is 1.40 bits per heavy atom. The number of nitrogens with one attached hydrogen (secondary N) is 1. The Bertz CT molecular complexity index is 2800. The standard InChI is InChI=1S/C45H40N4O/c1-44(2,3)28-18-19-36-33(23-28)34-24-29(45(4,5)6)25-35(40(34)47-36)43-48-41-30(15-11-16-37(41)49(43)7)26-12-10-13-27(22-26)39-42-32(20-21-46-39)31-14-8-9-17-38(31)50-42/h8-25,47H,1-7H3. The molecule has 0 aliphatic rings. The molecular formula is C45H40N4O. The molecule has 0 bridgehead atoms. The van der Waals surface area contributed by atoms with Crippen LogP contribution in [0.25, 0.3) is 88.5 Å². The Hall–Kier alpha value is -5.68. The first-order valence-electron chi connectivity index (χ1n) is 17.4. The lowest BCUT2D eigenvalue weighted by Crippen LogP contribution is -2.11. The highest BCUT2D eigenvalue weighted by atomic mass is 16.3. The van der Waals surface area contributed by atoms with Crippen LogP contribution in [0.4, 0.5) is 0 Å². The van der Waals surface area contributed by atoms with Crippen LogP contribution in [0.3, 0.4) is 0 Å². The highest BCUT2D eigenvalue weighted by molar-refractivity contribution is 6.13. The van der Waals surface area contributed by atoms with Crippen molar-refractivity contribution in [2.24, 2.45) is 7.05 Å². The third-order valence-electron chi connectivity index (χ3n) is 10.3. The quantitative estimate of drug-likeness (QED) is 0.207. The van der Waals surface area contributed by atoms with Crippen LogP contribution in [-0.4, -0.2) is 19.5 Å². The molecule has 0 saturated carbocycles. The van der Waals surface area contributed by atoms with Crippen LogP contribution in [0.5, 0.6) is 0 Å². The van der Waals surface area contributed by atoms with Gasteiger partial charge in [-0.15, -0.1) is 0 Å². The van der Waals surface area contributed by atoms with Crippen molar-refractivity contribution in [1.82, 2.24) is 19.5 Å². The summed E-state index contributed by atoms with van der Waals surface area (Å²) < 4.78 is 8.60. The fourth-order valence-corrected chi connectivity index (χ4v) is 7.46. The van der Waals surface area contributed by atoms with Crippen LogP contribution < -0.4 is 0 Å². The van der Waals surface area contributed by atoms with Gasteiger partial charge in [0.15, 0.2) is 5.58 Å². The first kappa shape index (κ1) is 30.4. The number of aryl methyl sites for hydroxylation is 1. The van der Waals surface area contributed by atoms with Gasteiger partial charge in [-0.1, -0.05) is 96.1 Å². The number of nitrogens with zero attached hydrogens (tertiary/aromatic N) is 3. The Kier molecular flexibility index (Phi) is 6.48. The van der Waals surface area contributed by atoms with Gasteiger partial charge in [-0.3, -0.25) is 4.98 Å². The molecule has 0 aliphatic heterocycles. The lowest BCUT2D eigenvalue weighted by Gasteiger charge is -2.21. The molecule has 0 atom stereocenters. The summed E-state index contributed by atoms with van der Waals surface area (Å²) in [4.78, 5) is 14.1. The zero-order valence-electron chi connectivity index (χ0n) is 29.6. The van der Waals surface area contributed by atoms with Crippen molar-refractivity contribution < 1.29 is 4.42 Å². The summed E-state index contributed by atoms with van der Waals surface area (Å²) >= 11 is 0. The van der Waals surface area contributed by atoms with Crippen molar-refractivity contribution in [1.29, 1.82) is 0 Å². The number of aromatic amines is 1. The molecule has 0 fully saturated rings. The van der Waals surface area contributed by atoms with Crippen LogP contribution in [0.1, 0.15) is 52.7 Å². The average molecular weight is 653 g/mol. The number of aromatic nitrogens is 4. The van der Waals surface area contributed by atoms with Crippen LogP contribution in [0.2, 0.25) is 0 Å². The summed E-state index contributed by atoms with van der Waals surface area (Å²) in [5.74, 6) is 0.941. The van der Waals surface area contributed by atoms with Gasteiger partial charge in [-0.05, 0) is 76.1 Å². The molecule has 4 heterocycles. The second kappa shape index (κ2) is 10.7. The van der Waals surface area contributed by atoms with Crippen molar-refractivity contribution >= 4 is 54.8 Å². The molecular weight excluding hydrogens is 613 g/mol. The van der Waals surface area contributed by atoms with Crippen LogP contribution in [-0.2, 0) is 17.9 Å². The summed E-state index contributed by atoms with van der Waals surface area (Å²) in [5.41, 5.74) is 13.7. The van der Waals surface area contributed by atoms with Crippen molar-refractivity contribution in [3.8, 4) is 33.8 Å². The molecule has 5 nitrogen and oxygen atoms in total. The van der Waals surface area contributed by atoms with Gasteiger partial charge in [0.05, 0.1) is 16.6 Å². The van der Waals surface area contributed by atoms with Crippen LogP contribution in [0, 0.1) is 0 Å². The van der Waals surface area contributed by atoms with Crippen molar-refractivity contribution in [2.45, 2.75) is 52.4 Å². The number of hydrogen-bond donors (Lipinski definition) is 1. The minimum atomic E-state index is -0.0406. The predicted octanol–water partition coefficient (Wildman–Crippen LogP) is 12.1. The van der Waals surface area contributed by atoms with E-state index in [0.717, 1.165) is 77.8 Å². The number of H-pyrrole nitrogens is 1. The summed E-state index contributed by atoms with van der Waals surface area (Å²) in [7, 11) is 2.13. The van der Waals surface area contributed by atoms with E-state index >= 15 is 0 Å². The van der Waals surface area contributed by atoms with Crippen LogP contribution >= 0.6 is 0 Å². The van der Waals surface area contributed by atoms with Crippen LogP contribution in [0.15, 0.2) is 114 Å².